The highest BCUT2D eigenvalue weighted by atomic mass is 16.5. The number of aliphatic hydroxyl groups excluding tert-OH is 1. The molecule has 3 N–H and O–H groups in total. The SMILES string of the molecule is COCC(CCO)NCC(=O)O. The van der Waals surface area contributed by atoms with E-state index < -0.39 is 5.97 Å². The van der Waals surface area contributed by atoms with Gasteiger partial charge in [0, 0.05) is 19.8 Å². The molecule has 5 nitrogen and oxygen atoms in total. The molecule has 0 amide bonds. The molecule has 0 aliphatic heterocycles. The van der Waals surface area contributed by atoms with Crippen LogP contribution in [0.15, 0.2) is 0 Å². The quantitative estimate of drug-likeness (QED) is 0.467. The van der Waals surface area contributed by atoms with E-state index in [1.807, 2.05) is 0 Å². The van der Waals surface area contributed by atoms with Crippen molar-refractivity contribution in [3.8, 4) is 0 Å². The standard InChI is InChI=1S/C7H15NO4/c1-12-5-6(2-3-9)8-4-7(10)11/h6,8-9H,2-5H2,1H3,(H,10,11). The van der Waals surface area contributed by atoms with Gasteiger partial charge >= 0.3 is 5.97 Å². The molecule has 0 aliphatic carbocycles. The number of aliphatic carboxylic acids is 1. The van der Waals surface area contributed by atoms with Crippen LogP contribution in [-0.2, 0) is 9.53 Å². The maximum Gasteiger partial charge on any atom is 0.317 e. The van der Waals surface area contributed by atoms with E-state index in [0.717, 1.165) is 0 Å². The molecule has 0 rings (SSSR count). The summed E-state index contributed by atoms with van der Waals surface area (Å²) in [6.07, 6.45) is 0.501. The van der Waals surface area contributed by atoms with Gasteiger partial charge < -0.3 is 20.3 Å². The van der Waals surface area contributed by atoms with Crippen molar-refractivity contribution in [3.05, 3.63) is 0 Å². The summed E-state index contributed by atoms with van der Waals surface area (Å²) in [6, 6.07) is -0.0869. The van der Waals surface area contributed by atoms with Gasteiger partial charge in [-0.15, -0.1) is 0 Å². The van der Waals surface area contributed by atoms with Gasteiger partial charge in [0.25, 0.3) is 0 Å². The van der Waals surface area contributed by atoms with Crippen LogP contribution in [0.4, 0.5) is 0 Å². The third kappa shape index (κ3) is 6.09. The largest absolute Gasteiger partial charge is 0.480 e. The van der Waals surface area contributed by atoms with E-state index in [-0.39, 0.29) is 19.2 Å². The number of carbonyl (C=O) groups is 1. The molecule has 0 radical (unpaired) electrons. The molecule has 0 aromatic carbocycles. The lowest BCUT2D eigenvalue weighted by atomic mass is 10.2. The van der Waals surface area contributed by atoms with E-state index in [1.54, 1.807) is 0 Å². The van der Waals surface area contributed by atoms with Crippen LogP contribution in [-0.4, -0.2) is 49.1 Å². The van der Waals surface area contributed by atoms with E-state index in [2.05, 4.69) is 5.32 Å². The first-order chi connectivity index (χ1) is 5.70. The summed E-state index contributed by atoms with van der Waals surface area (Å²) in [5.74, 6) is -0.908. The lowest BCUT2D eigenvalue weighted by Gasteiger charge is -2.14. The van der Waals surface area contributed by atoms with E-state index >= 15 is 0 Å². The fourth-order valence-electron chi connectivity index (χ4n) is 0.833. The maximum absolute atomic E-state index is 10.1. The predicted octanol–water partition coefficient (Wildman–Crippen LogP) is -0.942. The summed E-state index contributed by atoms with van der Waals surface area (Å²) in [4.78, 5) is 10.1. The molecule has 1 atom stereocenters. The van der Waals surface area contributed by atoms with Crippen LogP contribution in [0.3, 0.4) is 0 Å². The van der Waals surface area contributed by atoms with Crippen molar-refractivity contribution in [2.45, 2.75) is 12.5 Å². The van der Waals surface area contributed by atoms with E-state index in [4.69, 9.17) is 14.9 Å². The number of rotatable bonds is 7. The summed E-state index contributed by atoms with van der Waals surface area (Å²) in [5.41, 5.74) is 0. The van der Waals surface area contributed by atoms with Crippen LogP contribution in [0, 0.1) is 0 Å². The highest BCUT2D eigenvalue weighted by molar-refractivity contribution is 5.69. The third-order valence-electron chi connectivity index (χ3n) is 1.39. The summed E-state index contributed by atoms with van der Waals surface area (Å²) >= 11 is 0. The molecule has 12 heavy (non-hydrogen) atoms. The molecular formula is C7H15NO4. The number of carboxylic acids is 1. The second kappa shape index (κ2) is 7.02. The first kappa shape index (κ1) is 11.4. The Morgan fingerprint density at radius 3 is 2.75 bits per heavy atom. The summed E-state index contributed by atoms with van der Waals surface area (Å²) in [5, 5.41) is 19.7. The molecule has 0 saturated carbocycles. The Kier molecular flexibility index (Phi) is 6.64. The number of hydrogen-bond acceptors (Lipinski definition) is 4. The zero-order valence-electron chi connectivity index (χ0n) is 7.12. The van der Waals surface area contributed by atoms with Crippen LogP contribution in [0.1, 0.15) is 6.42 Å². The lowest BCUT2D eigenvalue weighted by molar-refractivity contribution is -0.136. The Morgan fingerprint density at radius 2 is 2.33 bits per heavy atom. The molecular weight excluding hydrogens is 162 g/mol. The molecule has 0 bridgehead atoms. The molecule has 0 saturated heterocycles. The fraction of sp³-hybridized carbons (Fsp3) is 0.857. The Morgan fingerprint density at radius 1 is 1.67 bits per heavy atom. The highest BCUT2D eigenvalue weighted by Crippen LogP contribution is 1.90. The normalized spacial score (nSPS) is 12.8. The van der Waals surface area contributed by atoms with E-state index in [0.29, 0.717) is 13.0 Å². The minimum absolute atomic E-state index is 0.0284. The van der Waals surface area contributed by atoms with Crippen molar-refractivity contribution >= 4 is 5.97 Å². The van der Waals surface area contributed by atoms with Crippen LogP contribution < -0.4 is 5.32 Å². The van der Waals surface area contributed by atoms with Crippen LogP contribution in [0.2, 0.25) is 0 Å². The van der Waals surface area contributed by atoms with E-state index in [1.165, 1.54) is 7.11 Å². The second-order valence-electron chi connectivity index (χ2n) is 2.44. The Labute approximate surface area is 71.3 Å². The third-order valence-corrected chi connectivity index (χ3v) is 1.39. The summed E-state index contributed by atoms with van der Waals surface area (Å²) in [7, 11) is 1.53. The van der Waals surface area contributed by atoms with Crippen LogP contribution in [0.25, 0.3) is 0 Å². The number of nitrogens with one attached hydrogen (secondary N) is 1. The van der Waals surface area contributed by atoms with Gasteiger partial charge in [0.1, 0.15) is 0 Å². The minimum atomic E-state index is -0.908. The Bertz CT molecular complexity index is 123. The summed E-state index contributed by atoms with van der Waals surface area (Å²) < 4.78 is 4.82. The van der Waals surface area contributed by atoms with Gasteiger partial charge in [0.2, 0.25) is 0 Å². The number of carboxylic acid groups (broad SMARTS) is 1. The molecule has 0 spiro atoms. The highest BCUT2D eigenvalue weighted by Gasteiger charge is 2.07. The van der Waals surface area contributed by atoms with E-state index in [9.17, 15) is 4.79 Å². The average molecular weight is 177 g/mol. The molecule has 0 aliphatic rings. The maximum atomic E-state index is 10.1. The smallest absolute Gasteiger partial charge is 0.317 e. The van der Waals surface area contributed by atoms with Gasteiger partial charge in [-0.1, -0.05) is 0 Å². The van der Waals surface area contributed by atoms with Crippen molar-refractivity contribution in [2.75, 3.05) is 26.9 Å². The molecule has 0 fully saturated rings. The van der Waals surface area contributed by atoms with Crippen LogP contribution in [0.5, 0.6) is 0 Å². The van der Waals surface area contributed by atoms with Crippen molar-refractivity contribution in [2.24, 2.45) is 0 Å². The minimum Gasteiger partial charge on any atom is -0.480 e. The van der Waals surface area contributed by atoms with Gasteiger partial charge in [-0.3, -0.25) is 4.79 Å². The zero-order valence-corrected chi connectivity index (χ0v) is 7.12. The van der Waals surface area contributed by atoms with Crippen molar-refractivity contribution in [1.82, 2.24) is 5.32 Å². The van der Waals surface area contributed by atoms with Gasteiger partial charge in [-0.05, 0) is 6.42 Å². The van der Waals surface area contributed by atoms with Crippen LogP contribution >= 0.6 is 0 Å². The van der Waals surface area contributed by atoms with Gasteiger partial charge in [0.15, 0.2) is 0 Å². The number of methoxy groups -OCH3 is 1. The zero-order chi connectivity index (χ0) is 9.40. The topological polar surface area (TPSA) is 78.8 Å². The predicted molar refractivity (Wildman–Crippen MR) is 43.0 cm³/mol. The van der Waals surface area contributed by atoms with Gasteiger partial charge in [-0.25, -0.2) is 0 Å². The monoisotopic (exact) mass is 177 g/mol. The van der Waals surface area contributed by atoms with Crippen molar-refractivity contribution in [3.63, 3.8) is 0 Å². The van der Waals surface area contributed by atoms with Gasteiger partial charge in [-0.2, -0.15) is 0 Å². The van der Waals surface area contributed by atoms with Crippen molar-refractivity contribution < 1.29 is 19.7 Å². The number of ether oxygens (including phenoxy) is 1. The first-order valence-electron chi connectivity index (χ1n) is 3.75. The van der Waals surface area contributed by atoms with Crippen molar-refractivity contribution in [1.29, 1.82) is 0 Å². The average Bonchev–Trinajstić information content (AvgIpc) is 2.01. The fourth-order valence-corrected chi connectivity index (χ4v) is 0.833. The molecule has 0 aromatic heterocycles. The lowest BCUT2D eigenvalue weighted by Crippen LogP contribution is -2.37. The Hall–Kier alpha value is -0.650. The molecule has 0 aromatic rings. The van der Waals surface area contributed by atoms with Gasteiger partial charge in [0.05, 0.1) is 13.2 Å². The first-order valence-corrected chi connectivity index (χ1v) is 3.75. The summed E-state index contributed by atoms with van der Waals surface area (Å²) in [6.45, 7) is 0.336. The second-order valence-corrected chi connectivity index (χ2v) is 2.44. The number of hydrogen-bond donors (Lipinski definition) is 3. The molecule has 5 heteroatoms. The molecule has 0 heterocycles. The Balaban J connectivity index is 3.54. The molecule has 1 unspecified atom stereocenters. The number of aliphatic hydroxyl groups is 1. The molecule has 72 valence electrons.